The molecular weight excluding hydrogens is 410 g/mol. The fraction of sp³-hybridized carbons (Fsp3) is 0.160. The summed E-state index contributed by atoms with van der Waals surface area (Å²) in [5.41, 5.74) is 1.20. The van der Waals surface area contributed by atoms with Gasteiger partial charge < -0.3 is 19.5 Å². The zero-order chi connectivity index (χ0) is 23.1. The van der Waals surface area contributed by atoms with Gasteiger partial charge in [0.2, 0.25) is 0 Å². The average molecular weight is 433 g/mol. The first-order valence-corrected chi connectivity index (χ1v) is 9.87. The van der Waals surface area contributed by atoms with Crippen LogP contribution in [0.5, 0.6) is 11.5 Å². The summed E-state index contributed by atoms with van der Waals surface area (Å²) in [4.78, 5) is 38.1. The summed E-state index contributed by atoms with van der Waals surface area (Å²) in [6.45, 7) is 1.45. The Kier molecular flexibility index (Phi) is 7.23. The van der Waals surface area contributed by atoms with Crippen molar-refractivity contribution in [1.82, 2.24) is 0 Å². The highest BCUT2D eigenvalue weighted by Crippen LogP contribution is 2.29. The number of ketones is 1. The molecular formula is C25H23NO6. The molecule has 32 heavy (non-hydrogen) atoms. The highest BCUT2D eigenvalue weighted by Gasteiger charge is 2.23. The summed E-state index contributed by atoms with van der Waals surface area (Å²) < 4.78 is 15.7. The summed E-state index contributed by atoms with van der Waals surface area (Å²) in [6, 6.07) is 19.9. The molecule has 7 nitrogen and oxygen atoms in total. The van der Waals surface area contributed by atoms with Crippen LogP contribution in [0, 0.1) is 0 Å². The number of benzene rings is 3. The van der Waals surface area contributed by atoms with Crippen LogP contribution in [0.15, 0.2) is 72.8 Å². The minimum absolute atomic E-state index is 0.0899. The quantitative estimate of drug-likeness (QED) is 0.425. The SMILES string of the molecule is COc1ccc(NC(=O)C(C)OC(=O)c2ccccc2C(=O)c2ccccc2)cc1OC. The second-order valence-corrected chi connectivity index (χ2v) is 6.85. The molecule has 1 unspecified atom stereocenters. The van der Waals surface area contributed by atoms with Gasteiger partial charge in [0, 0.05) is 22.9 Å². The van der Waals surface area contributed by atoms with Gasteiger partial charge in [-0.1, -0.05) is 48.5 Å². The minimum atomic E-state index is -1.10. The number of anilines is 1. The number of esters is 1. The van der Waals surface area contributed by atoms with Crippen molar-refractivity contribution in [1.29, 1.82) is 0 Å². The number of amides is 1. The lowest BCUT2D eigenvalue weighted by Gasteiger charge is -2.16. The van der Waals surface area contributed by atoms with Crippen LogP contribution in [0.1, 0.15) is 33.2 Å². The van der Waals surface area contributed by atoms with Crippen LogP contribution in [-0.4, -0.2) is 38.0 Å². The molecule has 0 aliphatic carbocycles. The van der Waals surface area contributed by atoms with E-state index >= 15 is 0 Å². The van der Waals surface area contributed by atoms with E-state index in [2.05, 4.69) is 5.32 Å². The molecule has 0 saturated carbocycles. The van der Waals surface area contributed by atoms with E-state index in [4.69, 9.17) is 14.2 Å². The van der Waals surface area contributed by atoms with Crippen molar-refractivity contribution in [2.24, 2.45) is 0 Å². The summed E-state index contributed by atoms with van der Waals surface area (Å²) in [7, 11) is 3.00. The lowest BCUT2D eigenvalue weighted by molar-refractivity contribution is -0.123. The maximum absolute atomic E-state index is 12.8. The van der Waals surface area contributed by atoms with Crippen molar-refractivity contribution >= 4 is 23.3 Å². The van der Waals surface area contributed by atoms with Gasteiger partial charge in [0.05, 0.1) is 19.8 Å². The van der Waals surface area contributed by atoms with E-state index in [-0.39, 0.29) is 16.9 Å². The Morgan fingerprint density at radius 3 is 2.06 bits per heavy atom. The van der Waals surface area contributed by atoms with E-state index in [0.29, 0.717) is 22.7 Å². The van der Waals surface area contributed by atoms with E-state index in [1.807, 2.05) is 0 Å². The van der Waals surface area contributed by atoms with Crippen LogP contribution in [0.4, 0.5) is 5.69 Å². The molecule has 0 heterocycles. The molecule has 0 saturated heterocycles. The van der Waals surface area contributed by atoms with Crippen molar-refractivity contribution in [3.63, 3.8) is 0 Å². The van der Waals surface area contributed by atoms with Gasteiger partial charge in [0.25, 0.3) is 5.91 Å². The van der Waals surface area contributed by atoms with Crippen LogP contribution in [-0.2, 0) is 9.53 Å². The van der Waals surface area contributed by atoms with Gasteiger partial charge in [-0.05, 0) is 25.1 Å². The van der Waals surface area contributed by atoms with Gasteiger partial charge in [-0.25, -0.2) is 4.79 Å². The predicted molar refractivity (Wildman–Crippen MR) is 119 cm³/mol. The normalized spacial score (nSPS) is 11.2. The van der Waals surface area contributed by atoms with E-state index in [1.54, 1.807) is 66.7 Å². The molecule has 0 aromatic heterocycles. The lowest BCUT2D eigenvalue weighted by Crippen LogP contribution is -2.30. The summed E-state index contributed by atoms with van der Waals surface area (Å²) in [6.07, 6.45) is -1.10. The highest BCUT2D eigenvalue weighted by molar-refractivity contribution is 6.14. The topological polar surface area (TPSA) is 90.9 Å². The van der Waals surface area contributed by atoms with Crippen LogP contribution in [0.3, 0.4) is 0 Å². The number of hydrogen-bond acceptors (Lipinski definition) is 6. The van der Waals surface area contributed by atoms with Crippen molar-refractivity contribution < 1.29 is 28.6 Å². The Balaban J connectivity index is 1.72. The molecule has 1 N–H and O–H groups in total. The molecule has 164 valence electrons. The number of nitrogens with one attached hydrogen (secondary N) is 1. The first-order valence-electron chi connectivity index (χ1n) is 9.87. The third-order valence-corrected chi connectivity index (χ3v) is 4.73. The fourth-order valence-electron chi connectivity index (χ4n) is 3.04. The highest BCUT2D eigenvalue weighted by atomic mass is 16.5. The largest absolute Gasteiger partial charge is 0.493 e. The number of carbonyl (C=O) groups excluding carboxylic acids is 3. The third-order valence-electron chi connectivity index (χ3n) is 4.73. The van der Waals surface area contributed by atoms with E-state index in [0.717, 1.165) is 0 Å². The standard InChI is InChI=1S/C25H23NO6/c1-16(24(28)26-18-13-14-21(30-2)22(15-18)31-3)32-25(29)20-12-8-7-11-19(20)23(27)17-9-5-4-6-10-17/h4-16H,1-3H3,(H,26,28). The molecule has 3 aromatic rings. The second-order valence-electron chi connectivity index (χ2n) is 6.85. The first-order chi connectivity index (χ1) is 15.4. The van der Waals surface area contributed by atoms with Crippen molar-refractivity contribution in [3.05, 3.63) is 89.5 Å². The first kappa shape index (κ1) is 22.6. The van der Waals surface area contributed by atoms with Crippen LogP contribution >= 0.6 is 0 Å². The predicted octanol–water partition coefficient (Wildman–Crippen LogP) is 4.12. The number of carbonyl (C=O) groups is 3. The summed E-state index contributed by atoms with van der Waals surface area (Å²) in [5.74, 6) is -0.633. The zero-order valence-electron chi connectivity index (χ0n) is 18.0. The molecule has 7 heteroatoms. The Hall–Kier alpha value is -4.13. The number of methoxy groups -OCH3 is 2. The molecule has 3 aromatic carbocycles. The zero-order valence-corrected chi connectivity index (χ0v) is 18.0. The number of hydrogen-bond donors (Lipinski definition) is 1. The lowest BCUT2D eigenvalue weighted by atomic mass is 9.98. The van der Waals surface area contributed by atoms with Crippen molar-refractivity contribution in [2.75, 3.05) is 19.5 Å². The number of ether oxygens (including phenoxy) is 3. The summed E-state index contributed by atoms with van der Waals surface area (Å²) in [5, 5.41) is 2.67. The van der Waals surface area contributed by atoms with Crippen LogP contribution in [0.25, 0.3) is 0 Å². The van der Waals surface area contributed by atoms with Gasteiger partial charge in [-0.15, -0.1) is 0 Å². The van der Waals surface area contributed by atoms with E-state index < -0.39 is 18.0 Å². The molecule has 0 radical (unpaired) electrons. The van der Waals surface area contributed by atoms with E-state index in [1.165, 1.54) is 27.2 Å². The Bertz CT molecular complexity index is 1130. The average Bonchev–Trinajstić information content (AvgIpc) is 2.83. The molecule has 3 rings (SSSR count). The molecule has 0 spiro atoms. The monoisotopic (exact) mass is 433 g/mol. The molecule has 1 amide bonds. The minimum Gasteiger partial charge on any atom is -0.493 e. The van der Waals surface area contributed by atoms with Gasteiger partial charge in [-0.3, -0.25) is 9.59 Å². The van der Waals surface area contributed by atoms with Gasteiger partial charge in [-0.2, -0.15) is 0 Å². The Morgan fingerprint density at radius 1 is 0.781 bits per heavy atom. The van der Waals surface area contributed by atoms with Crippen LogP contribution < -0.4 is 14.8 Å². The van der Waals surface area contributed by atoms with Crippen molar-refractivity contribution in [2.45, 2.75) is 13.0 Å². The van der Waals surface area contributed by atoms with Crippen LogP contribution in [0.2, 0.25) is 0 Å². The van der Waals surface area contributed by atoms with Gasteiger partial charge in [0.1, 0.15) is 0 Å². The fourth-order valence-corrected chi connectivity index (χ4v) is 3.04. The van der Waals surface area contributed by atoms with Gasteiger partial charge >= 0.3 is 5.97 Å². The Labute approximate surface area is 185 Å². The number of rotatable bonds is 8. The maximum atomic E-state index is 12.8. The molecule has 0 fully saturated rings. The van der Waals surface area contributed by atoms with Crippen molar-refractivity contribution in [3.8, 4) is 11.5 Å². The third kappa shape index (κ3) is 5.13. The Morgan fingerprint density at radius 2 is 1.41 bits per heavy atom. The second kappa shape index (κ2) is 10.3. The molecule has 0 aliphatic rings. The smallest absolute Gasteiger partial charge is 0.339 e. The summed E-state index contributed by atoms with van der Waals surface area (Å²) >= 11 is 0. The molecule has 1 atom stereocenters. The molecule has 0 aliphatic heterocycles. The van der Waals surface area contributed by atoms with Gasteiger partial charge in [0.15, 0.2) is 23.4 Å². The van der Waals surface area contributed by atoms with E-state index in [9.17, 15) is 14.4 Å². The maximum Gasteiger partial charge on any atom is 0.339 e. The molecule has 0 bridgehead atoms.